The van der Waals surface area contributed by atoms with Crippen LogP contribution in [0.2, 0.25) is 0 Å². The van der Waals surface area contributed by atoms with Gasteiger partial charge in [-0.2, -0.15) is 5.10 Å². The van der Waals surface area contributed by atoms with E-state index in [0.29, 0.717) is 5.69 Å². The molecule has 2 heterocycles. The predicted molar refractivity (Wildman–Crippen MR) is 72.0 cm³/mol. The smallest absolute Gasteiger partial charge is 0.191 e. The molecule has 5 heteroatoms. The summed E-state index contributed by atoms with van der Waals surface area (Å²) in [7, 11) is 3.73. The van der Waals surface area contributed by atoms with Gasteiger partial charge in [0.05, 0.1) is 11.9 Å². The SMILES string of the molecule is Cn1ccnc1CC(=O)c1nn(C)c2ccccc12. The summed E-state index contributed by atoms with van der Waals surface area (Å²) in [5, 5.41) is 5.22. The van der Waals surface area contributed by atoms with Gasteiger partial charge in [-0.25, -0.2) is 4.98 Å². The Hall–Kier alpha value is -2.43. The second kappa shape index (κ2) is 4.35. The third-order valence-electron chi connectivity index (χ3n) is 3.26. The van der Waals surface area contributed by atoms with E-state index in [2.05, 4.69) is 10.1 Å². The van der Waals surface area contributed by atoms with Crippen LogP contribution in [-0.2, 0) is 20.5 Å². The summed E-state index contributed by atoms with van der Waals surface area (Å²) in [5.41, 5.74) is 1.48. The fourth-order valence-electron chi connectivity index (χ4n) is 2.21. The standard InChI is InChI=1S/C14H14N4O/c1-17-8-7-15-13(17)9-12(19)14-10-5-3-4-6-11(10)18(2)16-14/h3-8H,9H2,1-2H3. The van der Waals surface area contributed by atoms with E-state index in [0.717, 1.165) is 16.7 Å². The molecular weight excluding hydrogens is 240 g/mol. The average Bonchev–Trinajstić information content (AvgIpc) is 2.95. The van der Waals surface area contributed by atoms with Crippen LogP contribution in [0.25, 0.3) is 10.9 Å². The van der Waals surface area contributed by atoms with Crippen molar-refractivity contribution in [1.82, 2.24) is 19.3 Å². The van der Waals surface area contributed by atoms with Crippen LogP contribution in [0.1, 0.15) is 16.3 Å². The fraction of sp³-hybridized carbons (Fsp3) is 0.214. The molecule has 96 valence electrons. The molecule has 0 unspecified atom stereocenters. The number of fused-ring (bicyclic) bond motifs is 1. The van der Waals surface area contributed by atoms with Crippen LogP contribution in [-0.4, -0.2) is 25.1 Å². The second-order valence-electron chi connectivity index (χ2n) is 4.54. The van der Waals surface area contributed by atoms with Gasteiger partial charge in [-0.15, -0.1) is 0 Å². The highest BCUT2D eigenvalue weighted by Crippen LogP contribution is 2.18. The van der Waals surface area contributed by atoms with Crippen LogP contribution < -0.4 is 0 Å². The molecule has 0 spiro atoms. The molecule has 0 atom stereocenters. The molecule has 19 heavy (non-hydrogen) atoms. The van der Waals surface area contributed by atoms with Gasteiger partial charge in [0.1, 0.15) is 11.5 Å². The normalized spacial score (nSPS) is 11.1. The van der Waals surface area contributed by atoms with Crippen molar-refractivity contribution in [3.8, 4) is 0 Å². The number of carbonyl (C=O) groups excluding carboxylic acids is 1. The van der Waals surface area contributed by atoms with Crippen LogP contribution in [0.3, 0.4) is 0 Å². The summed E-state index contributed by atoms with van der Waals surface area (Å²) in [4.78, 5) is 16.5. The molecule has 2 aromatic heterocycles. The van der Waals surface area contributed by atoms with Crippen molar-refractivity contribution in [2.45, 2.75) is 6.42 Å². The van der Waals surface area contributed by atoms with Crippen molar-refractivity contribution in [1.29, 1.82) is 0 Å². The highest BCUT2D eigenvalue weighted by Gasteiger charge is 2.17. The number of para-hydroxylation sites is 1. The number of carbonyl (C=O) groups is 1. The first-order valence-corrected chi connectivity index (χ1v) is 6.08. The highest BCUT2D eigenvalue weighted by molar-refractivity contribution is 6.06. The lowest BCUT2D eigenvalue weighted by molar-refractivity contribution is 0.0986. The second-order valence-corrected chi connectivity index (χ2v) is 4.54. The first-order chi connectivity index (χ1) is 9.16. The number of rotatable bonds is 3. The molecular formula is C14H14N4O. The maximum Gasteiger partial charge on any atom is 0.191 e. The number of aromatic nitrogens is 4. The van der Waals surface area contributed by atoms with Crippen molar-refractivity contribution in [2.75, 3.05) is 0 Å². The van der Waals surface area contributed by atoms with Crippen molar-refractivity contribution in [3.63, 3.8) is 0 Å². The maximum atomic E-state index is 12.4. The molecule has 3 rings (SSSR count). The monoisotopic (exact) mass is 254 g/mol. The lowest BCUT2D eigenvalue weighted by atomic mass is 10.1. The molecule has 3 aromatic rings. The van der Waals surface area contributed by atoms with E-state index in [1.807, 2.05) is 49.1 Å². The first-order valence-electron chi connectivity index (χ1n) is 6.08. The lowest BCUT2D eigenvalue weighted by Gasteiger charge is -1.99. The van der Waals surface area contributed by atoms with Crippen LogP contribution in [0.5, 0.6) is 0 Å². The largest absolute Gasteiger partial charge is 0.338 e. The molecule has 0 fully saturated rings. The zero-order chi connectivity index (χ0) is 13.4. The molecule has 5 nitrogen and oxygen atoms in total. The number of benzene rings is 1. The van der Waals surface area contributed by atoms with Gasteiger partial charge in [-0.3, -0.25) is 9.48 Å². The Bertz CT molecular complexity index is 754. The Balaban J connectivity index is 2.01. The van der Waals surface area contributed by atoms with Crippen molar-refractivity contribution >= 4 is 16.7 Å². The van der Waals surface area contributed by atoms with Gasteiger partial charge < -0.3 is 4.57 Å². The van der Waals surface area contributed by atoms with Gasteiger partial charge in [0.2, 0.25) is 0 Å². The van der Waals surface area contributed by atoms with Crippen molar-refractivity contribution in [3.05, 3.63) is 48.2 Å². The Morgan fingerprint density at radius 2 is 2.05 bits per heavy atom. The zero-order valence-corrected chi connectivity index (χ0v) is 10.9. The van der Waals surface area contributed by atoms with Gasteiger partial charge in [-0.1, -0.05) is 18.2 Å². The van der Waals surface area contributed by atoms with Crippen molar-refractivity contribution in [2.24, 2.45) is 14.1 Å². The Morgan fingerprint density at radius 1 is 1.26 bits per heavy atom. The van der Waals surface area contributed by atoms with Gasteiger partial charge in [0, 0.05) is 31.9 Å². The minimum atomic E-state index is -0.00824. The number of Topliss-reactive ketones (excluding diaryl/α,β-unsaturated/α-hetero) is 1. The van der Waals surface area contributed by atoms with E-state index in [1.54, 1.807) is 10.9 Å². The van der Waals surface area contributed by atoms with Gasteiger partial charge >= 0.3 is 0 Å². The highest BCUT2D eigenvalue weighted by atomic mass is 16.1. The number of hydrogen-bond donors (Lipinski definition) is 0. The Kier molecular flexibility index (Phi) is 2.67. The summed E-state index contributed by atoms with van der Waals surface area (Å²) in [6, 6.07) is 7.74. The molecule has 0 saturated heterocycles. The molecule has 0 saturated carbocycles. The molecule has 0 radical (unpaired) electrons. The predicted octanol–water partition coefficient (Wildman–Crippen LogP) is 1.73. The van der Waals surface area contributed by atoms with E-state index in [4.69, 9.17) is 0 Å². The number of imidazole rings is 1. The minimum absolute atomic E-state index is 0.00824. The molecule has 0 aliphatic heterocycles. The lowest BCUT2D eigenvalue weighted by Crippen LogP contribution is -2.09. The van der Waals surface area contributed by atoms with Gasteiger partial charge in [0.25, 0.3) is 0 Å². The van der Waals surface area contributed by atoms with Gasteiger partial charge in [0.15, 0.2) is 5.78 Å². The summed E-state index contributed by atoms with van der Waals surface area (Å²) in [5.74, 6) is 0.742. The fourth-order valence-corrected chi connectivity index (χ4v) is 2.21. The van der Waals surface area contributed by atoms with E-state index in [1.165, 1.54) is 0 Å². The molecule has 1 aromatic carbocycles. The van der Waals surface area contributed by atoms with Crippen LogP contribution >= 0.6 is 0 Å². The first kappa shape index (κ1) is 11.6. The quantitative estimate of drug-likeness (QED) is 0.669. The molecule has 0 amide bonds. The third-order valence-corrected chi connectivity index (χ3v) is 3.26. The summed E-state index contributed by atoms with van der Waals surface area (Å²) in [6.45, 7) is 0. The van der Waals surface area contributed by atoms with Crippen LogP contribution in [0.4, 0.5) is 0 Å². The molecule has 0 bridgehead atoms. The topological polar surface area (TPSA) is 52.7 Å². The molecule has 0 aliphatic carbocycles. The van der Waals surface area contributed by atoms with Crippen LogP contribution in [0.15, 0.2) is 36.7 Å². The Labute approximate surface area is 110 Å². The average molecular weight is 254 g/mol. The molecule has 0 aliphatic rings. The maximum absolute atomic E-state index is 12.4. The van der Waals surface area contributed by atoms with Gasteiger partial charge in [-0.05, 0) is 6.07 Å². The van der Waals surface area contributed by atoms with E-state index in [-0.39, 0.29) is 12.2 Å². The summed E-state index contributed by atoms with van der Waals surface area (Å²) >= 11 is 0. The number of hydrogen-bond acceptors (Lipinski definition) is 3. The van der Waals surface area contributed by atoms with Crippen LogP contribution in [0, 0.1) is 0 Å². The summed E-state index contributed by atoms with van der Waals surface area (Å²) < 4.78 is 3.59. The van der Waals surface area contributed by atoms with E-state index < -0.39 is 0 Å². The zero-order valence-electron chi connectivity index (χ0n) is 10.9. The number of ketones is 1. The van der Waals surface area contributed by atoms with Crippen molar-refractivity contribution < 1.29 is 4.79 Å². The minimum Gasteiger partial charge on any atom is -0.338 e. The number of aryl methyl sites for hydroxylation is 2. The Morgan fingerprint density at radius 3 is 2.79 bits per heavy atom. The van der Waals surface area contributed by atoms with E-state index in [9.17, 15) is 4.79 Å². The number of nitrogens with zero attached hydrogens (tertiary/aromatic N) is 4. The van der Waals surface area contributed by atoms with E-state index >= 15 is 0 Å². The molecule has 0 N–H and O–H groups in total. The third kappa shape index (κ3) is 1.93. The summed E-state index contributed by atoms with van der Waals surface area (Å²) in [6.07, 6.45) is 3.79.